The zero-order chi connectivity index (χ0) is 22.5. The molecule has 0 radical (unpaired) electrons. The molecule has 166 valence electrons. The van der Waals surface area contributed by atoms with E-state index in [1.165, 1.54) is 0 Å². The first-order valence-electron chi connectivity index (χ1n) is 10.5. The number of carboxylic acid groups (broad SMARTS) is 1. The number of amides is 1. The van der Waals surface area contributed by atoms with Gasteiger partial charge in [-0.3, -0.25) is 14.9 Å². The molecule has 0 saturated carbocycles. The van der Waals surface area contributed by atoms with Gasteiger partial charge < -0.3 is 15.2 Å². The number of aliphatic carboxylic acids is 1. The first-order chi connectivity index (χ1) is 15.5. The summed E-state index contributed by atoms with van der Waals surface area (Å²) in [5.41, 5.74) is 2.19. The van der Waals surface area contributed by atoms with E-state index in [0.717, 1.165) is 23.3 Å². The van der Waals surface area contributed by atoms with Crippen molar-refractivity contribution < 1.29 is 19.4 Å². The number of nitrogens with zero attached hydrogens (tertiary/aromatic N) is 3. The van der Waals surface area contributed by atoms with Gasteiger partial charge >= 0.3 is 5.97 Å². The Labute approximate surface area is 185 Å². The molecule has 9 heteroatoms. The lowest BCUT2D eigenvalue weighted by Gasteiger charge is -2.31. The van der Waals surface area contributed by atoms with Crippen LogP contribution in [0.5, 0.6) is 5.75 Å². The minimum absolute atomic E-state index is 0.00179. The van der Waals surface area contributed by atoms with E-state index in [-0.39, 0.29) is 43.2 Å². The monoisotopic (exact) mass is 435 g/mol. The molecule has 4 rings (SSSR count). The number of methoxy groups -OCH3 is 1. The van der Waals surface area contributed by atoms with Crippen LogP contribution in [0, 0.1) is 0 Å². The lowest BCUT2D eigenvalue weighted by atomic mass is 9.93. The second-order valence-corrected chi connectivity index (χ2v) is 7.63. The lowest BCUT2D eigenvalue weighted by molar-refractivity contribution is -0.137. The van der Waals surface area contributed by atoms with Crippen LogP contribution in [-0.4, -0.2) is 38.9 Å². The predicted octanol–water partition coefficient (Wildman–Crippen LogP) is 3.63. The van der Waals surface area contributed by atoms with Crippen molar-refractivity contribution in [3.05, 3.63) is 65.7 Å². The molecule has 1 aliphatic heterocycles. The second-order valence-electron chi connectivity index (χ2n) is 7.63. The standard InChI is InChI=1S/C23H25N5O4/c1-32-17-12-10-15(11-13-17)18-14-19(16-6-3-2-4-7-16)28-23(24-18)26-22(27-28)25-20(29)8-5-9-21(30)31/h2-4,6-7,10-13,18-19H,5,8-9,14H2,1H3,(H,30,31)(H2,24,25,26,27,29)/t18-,19+/m0/s1. The molecule has 0 saturated heterocycles. The van der Waals surface area contributed by atoms with E-state index in [2.05, 4.69) is 32.8 Å². The SMILES string of the molecule is COc1ccc([C@@H]2C[C@H](c3ccccc3)n3nc(NC(=O)CCCC(=O)O)nc3N2)cc1. The van der Waals surface area contributed by atoms with E-state index >= 15 is 0 Å². The highest BCUT2D eigenvalue weighted by Crippen LogP contribution is 2.38. The molecule has 1 aliphatic rings. The summed E-state index contributed by atoms with van der Waals surface area (Å²) in [7, 11) is 1.64. The van der Waals surface area contributed by atoms with Gasteiger partial charge in [-0.2, -0.15) is 4.98 Å². The fourth-order valence-corrected chi connectivity index (χ4v) is 3.83. The minimum atomic E-state index is -0.923. The van der Waals surface area contributed by atoms with E-state index < -0.39 is 5.97 Å². The quantitative estimate of drug-likeness (QED) is 0.494. The lowest BCUT2D eigenvalue weighted by Crippen LogP contribution is -2.28. The highest BCUT2D eigenvalue weighted by molar-refractivity contribution is 5.89. The largest absolute Gasteiger partial charge is 0.497 e. The Kier molecular flexibility index (Phi) is 6.34. The maximum absolute atomic E-state index is 12.2. The van der Waals surface area contributed by atoms with E-state index in [1.54, 1.807) is 11.8 Å². The fourth-order valence-electron chi connectivity index (χ4n) is 3.83. The van der Waals surface area contributed by atoms with E-state index in [0.29, 0.717) is 5.95 Å². The maximum atomic E-state index is 12.2. The summed E-state index contributed by atoms with van der Waals surface area (Å²) < 4.78 is 7.06. The number of carbonyl (C=O) groups excluding carboxylic acids is 1. The molecule has 0 bridgehead atoms. The molecule has 2 atom stereocenters. The van der Waals surface area contributed by atoms with Crippen molar-refractivity contribution in [2.45, 2.75) is 37.8 Å². The van der Waals surface area contributed by atoms with Crippen LogP contribution in [0.25, 0.3) is 0 Å². The Morgan fingerprint density at radius 2 is 1.88 bits per heavy atom. The number of carbonyl (C=O) groups is 2. The second kappa shape index (κ2) is 9.51. The van der Waals surface area contributed by atoms with Crippen molar-refractivity contribution in [3.8, 4) is 5.75 Å². The van der Waals surface area contributed by atoms with Gasteiger partial charge in [0, 0.05) is 12.8 Å². The topological polar surface area (TPSA) is 118 Å². The Bertz CT molecular complexity index is 1080. The number of rotatable bonds is 8. The van der Waals surface area contributed by atoms with Crippen LogP contribution in [0.1, 0.15) is 48.9 Å². The predicted molar refractivity (Wildman–Crippen MR) is 119 cm³/mol. The van der Waals surface area contributed by atoms with E-state index in [9.17, 15) is 9.59 Å². The van der Waals surface area contributed by atoms with Gasteiger partial charge in [0.2, 0.25) is 11.9 Å². The van der Waals surface area contributed by atoms with Gasteiger partial charge in [-0.15, -0.1) is 5.10 Å². The van der Waals surface area contributed by atoms with Gasteiger partial charge in [0.15, 0.2) is 0 Å². The minimum Gasteiger partial charge on any atom is -0.497 e. The molecule has 2 heterocycles. The van der Waals surface area contributed by atoms with Gasteiger partial charge in [0.25, 0.3) is 5.95 Å². The molecule has 0 fully saturated rings. The summed E-state index contributed by atoms with van der Waals surface area (Å²) in [6.07, 6.45) is 1.06. The Balaban J connectivity index is 1.57. The third kappa shape index (κ3) is 4.88. The van der Waals surface area contributed by atoms with Crippen LogP contribution >= 0.6 is 0 Å². The zero-order valence-corrected chi connectivity index (χ0v) is 17.7. The molecule has 0 unspecified atom stereocenters. The summed E-state index contributed by atoms with van der Waals surface area (Å²) in [4.78, 5) is 27.3. The number of benzene rings is 2. The van der Waals surface area contributed by atoms with Crippen LogP contribution in [0.2, 0.25) is 0 Å². The molecule has 3 N–H and O–H groups in total. The summed E-state index contributed by atoms with van der Waals surface area (Å²) in [6, 6.07) is 17.9. The van der Waals surface area contributed by atoms with Crippen molar-refractivity contribution in [1.29, 1.82) is 0 Å². The van der Waals surface area contributed by atoms with Gasteiger partial charge in [0.05, 0.1) is 19.2 Å². The number of anilines is 2. The first-order valence-corrected chi connectivity index (χ1v) is 10.5. The molecule has 1 aromatic heterocycles. The average Bonchev–Trinajstić information content (AvgIpc) is 3.21. The molecular formula is C23H25N5O4. The third-order valence-electron chi connectivity index (χ3n) is 5.44. The van der Waals surface area contributed by atoms with Crippen LogP contribution in [0.15, 0.2) is 54.6 Å². The summed E-state index contributed by atoms with van der Waals surface area (Å²) >= 11 is 0. The third-order valence-corrected chi connectivity index (χ3v) is 5.44. The highest BCUT2D eigenvalue weighted by Gasteiger charge is 2.31. The molecule has 32 heavy (non-hydrogen) atoms. The number of fused-ring (bicyclic) bond motifs is 1. The normalized spacial score (nSPS) is 17.2. The van der Waals surface area contributed by atoms with Crippen molar-refractivity contribution in [1.82, 2.24) is 14.8 Å². The van der Waals surface area contributed by atoms with Gasteiger partial charge in [-0.05, 0) is 36.1 Å². The zero-order valence-electron chi connectivity index (χ0n) is 17.7. The fraction of sp³-hybridized carbons (Fsp3) is 0.304. The van der Waals surface area contributed by atoms with E-state index in [4.69, 9.17) is 9.84 Å². The maximum Gasteiger partial charge on any atom is 0.303 e. The van der Waals surface area contributed by atoms with Crippen LogP contribution in [-0.2, 0) is 9.59 Å². The molecule has 0 aliphatic carbocycles. The van der Waals surface area contributed by atoms with Crippen LogP contribution in [0.4, 0.5) is 11.9 Å². The Hall–Kier alpha value is -3.88. The number of ether oxygens (including phenoxy) is 1. The van der Waals surface area contributed by atoms with E-state index in [1.807, 2.05) is 42.5 Å². The summed E-state index contributed by atoms with van der Waals surface area (Å²) in [5, 5.41) is 19.4. The van der Waals surface area contributed by atoms with Crippen molar-refractivity contribution in [2.75, 3.05) is 17.7 Å². The smallest absolute Gasteiger partial charge is 0.303 e. The van der Waals surface area contributed by atoms with Gasteiger partial charge in [-0.1, -0.05) is 42.5 Å². The van der Waals surface area contributed by atoms with Crippen molar-refractivity contribution in [2.24, 2.45) is 0 Å². The molecular weight excluding hydrogens is 410 g/mol. The molecule has 3 aromatic rings. The number of nitrogens with one attached hydrogen (secondary N) is 2. The van der Waals surface area contributed by atoms with Crippen LogP contribution in [0.3, 0.4) is 0 Å². The van der Waals surface area contributed by atoms with Crippen molar-refractivity contribution >= 4 is 23.8 Å². The highest BCUT2D eigenvalue weighted by atomic mass is 16.5. The number of carboxylic acids is 1. The van der Waals surface area contributed by atoms with Gasteiger partial charge in [0.1, 0.15) is 5.75 Å². The molecule has 9 nitrogen and oxygen atoms in total. The summed E-state index contributed by atoms with van der Waals surface area (Å²) in [6.45, 7) is 0. The number of hydrogen-bond donors (Lipinski definition) is 3. The van der Waals surface area contributed by atoms with Gasteiger partial charge in [-0.25, -0.2) is 4.68 Å². The van der Waals surface area contributed by atoms with Crippen molar-refractivity contribution in [3.63, 3.8) is 0 Å². The average molecular weight is 435 g/mol. The molecule has 1 amide bonds. The first kappa shape index (κ1) is 21.4. The van der Waals surface area contributed by atoms with Crippen LogP contribution < -0.4 is 15.4 Å². The number of aromatic nitrogens is 3. The molecule has 2 aromatic carbocycles. The Morgan fingerprint density at radius 1 is 1.12 bits per heavy atom. The Morgan fingerprint density at radius 3 is 2.56 bits per heavy atom. The molecule has 0 spiro atoms. The number of hydrogen-bond acceptors (Lipinski definition) is 6. The summed E-state index contributed by atoms with van der Waals surface area (Å²) in [5.74, 6) is 0.321.